The Kier molecular flexibility index (Phi) is 6.56. The summed E-state index contributed by atoms with van der Waals surface area (Å²) < 4.78 is 18.8. The summed E-state index contributed by atoms with van der Waals surface area (Å²) in [6.45, 7) is 5.44. The largest absolute Gasteiger partial charge is 0.426 e. The van der Waals surface area contributed by atoms with Gasteiger partial charge in [-0.1, -0.05) is 36.1 Å². The molecule has 0 unspecified atom stereocenters. The van der Waals surface area contributed by atoms with Crippen LogP contribution in [0.15, 0.2) is 48.5 Å². The topological polar surface area (TPSA) is 38.3 Å². The van der Waals surface area contributed by atoms with Crippen LogP contribution in [0, 0.1) is 11.2 Å². The second-order valence-corrected chi connectivity index (χ2v) is 8.14. The van der Waals surface area contributed by atoms with Crippen LogP contribution in [0.5, 0.6) is 5.75 Å². The molecule has 2 rings (SSSR count). The molecule has 2 aromatic rings. The molecule has 0 spiro atoms. The van der Waals surface area contributed by atoms with Crippen LogP contribution in [-0.4, -0.2) is 10.3 Å². The van der Waals surface area contributed by atoms with Gasteiger partial charge in [-0.3, -0.25) is 4.79 Å². The van der Waals surface area contributed by atoms with Gasteiger partial charge >= 0.3 is 5.97 Å². The molecule has 0 aliphatic heterocycles. The zero-order valence-electron chi connectivity index (χ0n) is 14.3. The molecule has 2 aromatic carbocycles. The summed E-state index contributed by atoms with van der Waals surface area (Å²) in [5.74, 6) is 0.664. The first-order chi connectivity index (χ1) is 11.7. The maximum Gasteiger partial charge on any atom is 0.316 e. The van der Waals surface area contributed by atoms with Crippen LogP contribution in [-0.2, 0) is 10.5 Å². The number of ether oxygens (including phenoxy) is 1. The fourth-order valence-corrected chi connectivity index (χ4v) is 2.72. The third-order valence-corrected chi connectivity index (χ3v) is 4.50. The Morgan fingerprint density at radius 3 is 2.28 bits per heavy atom. The number of anilines is 1. The van der Waals surface area contributed by atoms with Crippen LogP contribution in [0.25, 0.3) is 0 Å². The quantitative estimate of drug-likeness (QED) is 0.438. The van der Waals surface area contributed by atoms with Crippen molar-refractivity contribution < 1.29 is 13.9 Å². The highest BCUT2D eigenvalue weighted by Crippen LogP contribution is 2.22. The van der Waals surface area contributed by atoms with Crippen molar-refractivity contribution in [3.05, 3.63) is 59.9 Å². The van der Waals surface area contributed by atoms with Gasteiger partial charge in [-0.2, -0.15) is 0 Å². The fourth-order valence-electron chi connectivity index (χ4n) is 1.75. The molecule has 132 valence electrons. The molecule has 0 aliphatic rings. The van der Waals surface area contributed by atoms with Gasteiger partial charge in [0.15, 0.2) is 0 Å². The first-order valence-corrected chi connectivity index (χ1v) is 9.14. The average molecular weight is 378 g/mol. The van der Waals surface area contributed by atoms with E-state index in [1.54, 1.807) is 24.3 Å². The number of rotatable bonds is 4. The van der Waals surface area contributed by atoms with E-state index in [0.29, 0.717) is 15.8 Å². The minimum Gasteiger partial charge on any atom is -0.426 e. The average Bonchev–Trinajstić information content (AvgIpc) is 2.55. The van der Waals surface area contributed by atoms with Gasteiger partial charge in [-0.25, -0.2) is 4.39 Å². The Bertz CT molecular complexity index is 738. The summed E-state index contributed by atoms with van der Waals surface area (Å²) in [5.41, 5.74) is 1.28. The van der Waals surface area contributed by atoms with Crippen LogP contribution in [0.2, 0.25) is 0 Å². The van der Waals surface area contributed by atoms with E-state index in [-0.39, 0.29) is 11.8 Å². The van der Waals surface area contributed by atoms with E-state index < -0.39 is 5.41 Å². The first kappa shape index (κ1) is 19.4. The number of esters is 1. The highest BCUT2D eigenvalue weighted by Gasteiger charge is 2.23. The van der Waals surface area contributed by atoms with Gasteiger partial charge in [-0.05, 0) is 62.7 Å². The van der Waals surface area contributed by atoms with Gasteiger partial charge in [0.1, 0.15) is 15.9 Å². The molecular weight excluding hydrogens is 357 g/mol. The van der Waals surface area contributed by atoms with E-state index >= 15 is 0 Å². The van der Waals surface area contributed by atoms with Crippen molar-refractivity contribution in [1.29, 1.82) is 0 Å². The second-order valence-electron chi connectivity index (χ2n) is 6.49. The highest BCUT2D eigenvalue weighted by molar-refractivity contribution is 8.22. The van der Waals surface area contributed by atoms with Crippen LogP contribution >= 0.6 is 24.0 Å². The zero-order valence-corrected chi connectivity index (χ0v) is 16.0. The lowest BCUT2D eigenvalue weighted by Gasteiger charge is -2.16. The smallest absolute Gasteiger partial charge is 0.316 e. The van der Waals surface area contributed by atoms with Gasteiger partial charge in [-0.15, -0.1) is 0 Å². The monoisotopic (exact) mass is 377 g/mol. The van der Waals surface area contributed by atoms with E-state index in [4.69, 9.17) is 17.0 Å². The van der Waals surface area contributed by atoms with Gasteiger partial charge in [0.25, 0.3) is 0 Å². The first-order valence-electron chi connectivity index (χ1n) is 7.74. The van der Waals surface area contributed by atoms with Crippen LogP contribution in [0.4, 0.5) is 10.1 Å². The van der Waals surface area contributed by atoms with Crippen molar-refractivity contribution in [3.8, 4) is 5.75 Å². The molecule has 0 heterocycles. The fraction of sp³-hybridized carbons (Fsp3) is 0.263. The summed E-state index contributed by atoms with van der Waals surface area (Å²) in [7, 11) is 0. The number of thioether (sulfide) groups is 1. The van der Waals surface area contributed by atoms with Crippen molar-refractivity contribution in [3.63, 3.8) is 0 Å². The molecule has 25 heavy (non-hydrogen) atoms. The third kappa shape index (κ3) is 6.48. The summed E-state index contributed by atoms with van der Waals surface area (Å²) in [5, 5.41) is 3.05. The molecule has 0 bridgehead atoms. The number of nitrogens with one attached hydrogen (secondary N) is 1. The van der Waals surface area contributed by atoms with Crippen LogP contribution in [0.1, 0.15) is 26.3 Å². The van der Waals surface area contributed by atoms with E-state index in [2.05, 4.69) is 5.32 Å². The third-order valence-electron chi connectivity index (χ3n) is 3.21. The van der Waals surface area contributed by atoms with Gasteiger partial charge in [0.2, 0.25) is 0 Å². The summed E-state index contributed by atoms with van der Waals surface area (Å²) in [6, 6.07) is 13.4. The van der Waals surface area contributed by atoms with Crippen LogP contribution in [0.3, 0.4) is 0 Å². The lowest BCUT2D eigenvalue weighted by Crippen LogP contribution is -2.25. The number of hydrogen-bond acceptors (Lipinski definition) is 4. The van der Waals surface area contributed by atoms with Crippen molar-refractivity contribution in [1.82, 2.24) is 0 Å². The molecule has 0 aromatic heterocycles. The number of thiocarbonyl (C=S) groups is 1. The van der Waals surface area contributed by atoms with Crippen molar-refractivity contribution in [2.45, 2.75) is 26.5 Å². The molecule has 6 heteroatoms. The standard InChI is InChI=1S/C19H20FNO2S2/c1-19(2,3)17(22)23-16-10-4-13(5-11-16)12-25-18(24)21-15-8-6-14(20)7-9-15/h4-11H,12H2,1-3H3,(H,21,24). The predicted octanol–water partition coefficient (Wildman–Crippen LogP) is 5.41. The van der Waals surface area contributed by atoms with Crippen molar-refractivity contribution in [2.24, 2.45) is 5.41 Å². The summed E-state index contributed by atoms with van der Waals surface area (Å²) >= 11 is 6.75. The molecule has 0 fully saturated rings. The number of halogens is 1. The highest BCUT2D eigenvalue weighted by atomic mass is 32.2. The van der Waals surface area contributed by atoms with Crippen LogP contribution < -0.4 is 10.1 Å². The maximum absolute atomic E-state index is 12.9. The van der Waals surface area contributed by atoms with E-state index in [0.717, 1.165) is 11.3 Å². The van der Waals surface area contributed by atoms with Crippen molar-refractivity contribution in [2.75, 3.05) is 5.32 Å². The van der Waals surface area contributed by atoms with Gasteiger partial charge in [0.05, 0.1) is 5.41 Å². The minimum atomic E-state index is -0.535. The SMILES string of the molecule is CC(C)(C)C(=O)Oc1ccc(CSC(=S)Nc2ccc(F)cc2)cc1. The lowest BCUT2D eigenvalue weighted by atomic mass is 9.97. The molecular formula is C19H20FNO2S2. The van der Waals surface area contributed by atoms with E-state index in [1.165, 1.54) is 23.9 Å². The Morgan fingerprint density at radius 2 is 1.72 bits per heavy atom. The molecule has 0 saturated carbocycles. The molecule has 3 nitrogen and oxygen atoms in total. The normalized spacial score (nSPS) is 11.0. The number of carbonyl (C=O) groups is 1. The summed E-state index contributed by atoms with van der Waals surface area (Å²) in [6.07, 6.45) is 0. The molecule has 0 aliphatic carbocycles. The second kappa shape index (κ2) is 8.45. The lowest BCUT2D eigenvalue weighted by molar-refractivity contribution is -0.142. The Balaban J connectivity index is 1.83. The zero-order chi connectivity index (χ0) is 18.4. The Labute approximate surface area is 157 Å². The summed E-state index contributed by atoms with van der Waals surface area (Å²) in [4.78, 5) is 11.9. The molecule has 0 radical (unpaired) electrons. The molecule has 0 atom stereocenters. The molecule has 0 saturated heterocycles. The Morgan fingerprint density at radius 1 is 1.12 bits per heavy atom. The maximum atomic E-state index is 12.9. The minimum absolute atomic E-state index is 0.265. The predicted molar refractivity (Wildman–Crippen MR) is 105 cm³/mol. The van der Waals surface area contributed by atoms with E-state index in [1.807, 2.05) is 32.9 Å². The molecule has 1 N–H and O–H groups in total. The number of benzene rings is 2. The van der Waals surface area contributed by atoms with Crippen molar-refractivity contribution >= 4 is 40.0 Å². The van der Waals surface area contributed by atoms with E-state index in [9.17, 15) is 9.18 Å². The Hall–Kier alpha value is -1.92. The van der Waals surface area contributed by atoms with Gasteiger partial charge in [0, 0.05) is 11.4 Å². The van der Waals surface area contributed by atoms with Gasteiger partial charge < -0.3 is 10.1 Å². The molecule has 0 amide bonds. The number of carbonyl (C=O) groups excluding carboxylic acids is 1. The number of hydrogen-bond donors (Lipinski definition) is 1.